The number of aldehydes is 1. The van der Waals surface area contributed by atoms with Crippen molar-refractivity contribution < 1.29 is 14.3 Å². The van der Waals surface area contributed by atoms with E-state index < -0.39 is 0 Å². The van der Waals surface area contributed by atoms with Gasteiger partial charge >= 0.3 is 6.03 Å². The van der Waals surface area contributed by atoms with Crippen molar-refractivity contribution in [1.29, 1.82) is 0 Å². The van der Waals surface area contributed by atoms with Crippen LogP contribution >= 0.6 is 0 Å². The van der Waals surface area contributed by atoms with Crippen LogP contribution in [0.5, 0.6) is 5.75 Å². The van der Waals surface area contributed by atoms with Crippen LogP contribution in [-0.2, 0) is 4.79 Å². The molecule has 0 aromatic heterocycles. The van der Waals surface area contributed by atoms with Gasteiger partial charge in [-0.25, -0.2) is 4.79 Å². The van der Waals surface area contributed by atoms with E-state index in [9.17, 15) is 9.59 Å². The molecule has 0 bridgehead atoms. The average Bonchev–Trinajstić information content (AvgIpc) is 2.58. The lowest BCUT2D eigenvalue weighted by molar-refractivity contribution is -0.107. The van der Waals surface area contributed by atoms with Crippen LogP contribution in [0.2, 0.25) is 0 Å². The van der Waals surface area contributed by atoms with Crippen molar-refractivity contribution in [2.45, 2.75) is 32.3 Å². The number of carbonyl (C=O) groups is 2. The Bertz CT molecular complexity index is 542. The van der Waals surface area contributed by atoms with Crippen molar-refractivity contribution in [2.24, 2.45) is 0 Å². The first kappa shape index (κ1) is 17.3. The molecule has 0 radical (unpaired) electrons. The molecular formula is C17H25N3O3. The summed E-state index contributed by atoms with van der Waals surface area (Å²) in [6.45, 7) is 4.23. The summed E-state index contributed by atoms with van der Waals surface area (Å²) in [5.74, 6) is 0.800. The largest absolute Gasteiger partial charge is 0.490 e. The number of hydrogen-bond donors (Lipinski definition) is 2. The molecule has 1 saturated heterocycles. The second-order valence-electron chi connectivity index (χ2n) is 5.63. The Morgan fingerprint density at radius 2 is 2.17 bits per heavy atom. The van der Waals surface area contributed by atoms with E-state index in [4.69, 9.17) is 4.74 Å². The van der Waals surface area contributed by atoms with Crippen molar-refractivity contribution in [3.63, 3.8) is 0 Å². The molecule has 1 heterocycles. The van der Waals surface area contributed by atoms with Crippen molar-refractivity contribution >= 4 is 18.0 Å². The molecule has 23 heavy (non-hydrogen) atoms. The van der Waals surface area contributed by atoms with E-state index in [0.717, 1.165) is 49.2 Å². The summed E-state index contributed by atoms with van der Waals surface area (Å²) in [5.41, 5.74) is 1.69. The first-order valence-electron chi connectivity index (χ1n) is 8.07. The third-order valence-electron chi connectivity index (χ3n) is 4.06. The van der Waals surface area contributed by atoms with E-state index >= 15 is 0 Å². The summed E-state index contributed by atoms with van der Waals surface area (Å²) in [4.78, 5) is 24.4. The van der Waals surface area contributed by atoms with Gasteiger partial charge in [-0.2, -0.15) is 0 Å². The highest BCUT2D eigenvalue weighted by Gasteiger charge is 2.20. The van der Waals surface area contributed by atoms with E-state index in [2.05, 4.69) is 10.6 Å². The Hall–Kier alpha value is -2.08. The summed E-state index contributed by atoms with van der Waals surface area (Å²) in [6, 6.07) is 5.47. The number of rotatable bonds is 6. The maximum Gasteiger partial charge on any atom is 0.321 e. The number of urea groups is 1. The highest BCUT2D eigenvalue weighted by atomic mass is 16.5. The Kier molecular flexibility index (Phi) is 6.40. The lowest BCUT2D eigenvalue weighted by atomic mass is 10.1. The molecule has 126 valence electrons. The van der Waals surface area contributed by atoms with Crippen LogP contribution in [0, 0.1) is 6.92 Å². The van der Waals surface area contributed by atoms with E-state index in [1.54, 1.807) is 11.9 Å². The minimum absolute atomic E-state index is 0.202. The minimum atomic E-state index is -0.228. The zero-order valence-corrected chi connectivity index (χ0v) is 13.8. The zero-order chi connectivity index (χ0) is 16.7. The summed E-state index contributed by atoms with van der Waals surface area (Å²) >= 11 is 0. The van der Waals surface area contributed by atoms with Crippen molar-refractivity contribution in [3.05, 3.63) is 23.8 Å². The molecule has 1 aromatic rings. The topological polar surface area (TPSA) is 70.7 Å². The first-order valence-corrected chi connectivity index (χ1v) is 8.07. The van der Waals surface area contributed by atoms with Gasteiger partial charge in [-0.1, -0.05) is 6.07 Å². The van der Waals surface area contributed by atoms with Gasteiger partial charge in [0.2, 0.25) is 0 Å². The summed E-state index contributed by atoms with van der Waals surface area (Å²) < 4.78 is 6.13. The number of hydrogen-bond acceptors (Lipinski definition) is 4. The van der Waals surface area contributed by atoms with Gasteiger partial charge in [0.15, 0.2) is 0 Å². The molecule has 1 aliphatic heterocycles. The van der Waals surface area contributed by atoms with Gasteiger partial charge in [-0.15, -0.1) is 0 Å². The average molecular weight is 319 g/mol. The molecule has 0 spiro atoms. The second-order valence-corrected chi connectivity index (χ2v) is 5.63. The highest BCUT2D eigenvalue weighted by molar-refractivity contribution is 5.93. The van der Waals surface area contributed by atoms with E-state index in [0.29, 0.717) is 13.0 Å². The van der Waals surface area contributed by atoms with Gasteiger partial charge in [0.1, 0.15) is 18.1 Å². The molecule has 0 atom stereocenters. The molecule has 6 heteroatoms. The number of anilines is 1. The van der Waals surface area contributed by atoms with Crippen molar-refractivity contribution in [1.82, 2.24) is 10.6 Å². The van der Waals surface area contributed by atoms with Crippen molar-refractivity contribution in [2.75, 3.05) is 31.6 Å². The Labute approximate surface area is 137 Å². The van der Waals surface area contributed by atoms with Gasteiger partial charge in [-0.3, -0.25) is 4.90 Å². The zero-order valence-electron chi connectivity index (χ0n) is 13.8. The third-order valence-corrected chi connectivity index (χ3v) is 4.06. The molecule has 1 aliphatic rings. The monoisotopic (exact) mass is 319 g/mol. The number of nitrogens with zero attached hydrogens (tertiary/aromatic N) is 1. The van der Waals surface area contributed by atoms with E-state index in [-0.39, 0.29) is 12.1 Å². The third kappa shape index (κ3) is 4.45. The molecular weight excluding hydrogens is 294 g/mol. The molecule has 6 nitrogen and oxygen atoms in total. The number of carbonyl (C=O) groups excluding carboxylic acids is 2. The maximum atomic E-state index is 12.1. The molecule has 0 saturated carbocycles. The molecule has 0 aliphatic carbocycles. The number of ether oxygens (including phenoxy) is 1. The Morgan fingerprint density at radius 3 is 2.83 bits per heavy atom. The minimum Gasteiger partial charge on any atom is -0.490 e. The Balaban J connectivity index is 2.21. The molecule has 1 aromatic carbocycles. The summed E-state index contributed by atoms with van der Waals surface area (Å²) in [7, 11) is 1.58. The smallest absolute Gasteiger partial charge is 0.321 e. The predicted molar refractivity (Wildman–Crippen MR) is 90.2 cm³/mol. The van der Waals surface area contributed by atoms with Gasteiger partial charge in [0.25, 0.3) is 0 Å². The van der Waals surface area contributed by atoms with Crippen LogP contribution in [0.1, 0.15) is 24.8 Å². The molecule has 1 fully saturated rings. The van der Waals surface area contributed by atoms with Gasteiger partial charge in [0.05, 0.1) is 5.69 Å². The molecule has 0 unspecified atom stereocenters. The predicted octanol–water partition coefficient (Wildman–Crippen LogP) is 1.86. The normalized spacial score (nSPS) is 15.0. The van der Waals surface area contributed by atoms with Crippen molar-refractivity contribution in [3.8, 4) is 5.75 Å². The van der Waals surface area contributed by atoms with Crippen LogP contribution in [0.15, 0.2) is 18.2 Å². The van der Waals surface area contributed by atoms with Crippen LogP contribution in [0.25, 0.3) is 0 Å². The van der Waals surface area contributed by atoms with Crippen LogP contribution in [-0.4, -0.2) is 45.1 Å². The van der Waals surface area contributed by atoms with E-state index in [1.165, 1.54) is 0 Å². The SMILES string of the molecule is CNC(=O)N(CCC=O)c1cccc(OC2CCNCC2)c1C. The lowest BCUT2D eigenvalue weighted by Gasteiger charge is -2.27. The molecule has 2 amide bonds. The quantitative estimate of drug-likeness (QED) is 0.785. The fraction of sp³-hybridized carbons (Fsp3) is 0.529. The van der Waals surface area contributed by atoms with Gasteiger partial charge in [-0.05, 0) is 45.0 Å². The summed E-state index contributed by atoms with van der Waals surface area (Å²) in [5, 5.41) is 5.94. The Morgan fingerprint density at radius 1 is 1.43 bits per heavy atom. The van der Waals surface area contributed by atoms with E-state index in [1.807, 2.05) is 25.1 Å². The fourth-order valence-corrected chi connectivity index (χ4v) is 2.76. The molecule has 2 N–H and O–H groups in total. The van der Waals surface area contributed by atoms with Crippen LogP contribution < -0.4 is 20.3 Å². The fourth-order valence-electron chi connectivity index (χ4n) is 2.76. The van der Waals surface area contributed by atoms with Crippen LogP contribution in [0.4, 0.5) is 10.5 Å². The summed E-state index contributed by atoms with van der Waals surface area (Å²) in [6.07, 6.45) is 3.28. The standard InChI is InChI=1S/C17H25N3O3/c1-13-15(20(11-4-12-21)17(22)18-2)5-3-6-16(13)23-14-7-9-19-10-8-14/h3,5-6,12,14,19H,4,7-11H2,1-2H3,(H,18,22). The number of piperidine rings is 1. The van der Waals surface area contributed by atoms with Gasteiger partial charge < -0.3 is 20.2 Å². The van der Waals surface area contributed by atoms with Crippen LogP contribution in [0.3, 0.4) is 0 Å². The highest BCUT2D eigenvalue weighted by Crippen LogP contribution is 2.30. The molecule has 2 rings (SSSR count). The number of nitrogens with one attached hydrogen (secondary N) is 2. The van der Waals surface area contributed by atoms with Gasteiger partial charge in [0, 0.05) is 25.6 Å². The first-order chi connectivity index (χ1) is 11.2. The number of benzene rings is 1. The lowest BCUT2D eigenvalue weighted by Crippen LogP contribution is -2.39. The second kappa shape index (κ2) is 8.53. The maximum absolute atomic E-state index is 12.1. The number of amides is 2.